The number of hydrogen-bond acceptors (Lipinski definition) is 3. The number of rotatable bonds is 5. The molecule has 0 aliphatic carbocycles. The first kappa shape index (κ1) is 14.1. The Hall–Kier alpha value is -2.33. The van der Waals surface area contributed by atoms with Gasteiger partial charge in [-0.15, -0.1) is 0 Å². The number of nitro benzene ring substituents is 1. The first-order chi connectivity index (χ1) is 9.61. The largest absolute Gasteiger partial charge is 0.474 e. The summed E-state index contributed by atoms with van der Waals surface area (Å²) in [5, 5.41) is 11.4. The van der Waals surface area contributed by atoms with Crippen LogP contribution < -0.4 is 4.74 Å². The van der Waals surface area contributed by atoms with Crippen LogP contribution in [0.15, 0.2) is 61.2 Å². The van der Waals surface area contributed by atoms with Gasteiger partial charge in [0.05, 0.1) is 4.92 Å². The maximum absolute atomic E-state index is 11.0. The van der Waals surface area contributed by atoms with E-state index in [2.05, 4.69) is 6.58 Å². The van der Waals surface area contributed by atoms with Crippen molar-refractivity contribution in [1.82, 2.24) is 0 Å². The molecule has 2 aromatic rings. The van der Waals surface area contributed by atoms with Crippen LogP contribution in [-0.2, 0) is 0 Å². The molecular weight excluding hydrogens is 278 g/mol. The van der Waals surface area contributed by atoms with Crippen LogP contribution in [0.25, 0.3) is 0 Å². The summed E-state index contributed by atoms with van der Waals surface area (Å²) in [6.07, 6.45) is 1.10. The summed E-state index contributed by atoms with van der Waals surface area (Å²) in [7, 11) is 0. The van der Waals surface area contributed by atoms with Crippen molar-refractivity contribution in [3.63, 3.8) is 0 Å². The fourth-order valence-corrected chi connectivity index (χ4v) is 1.93. The van der Waals surface area contributed by atoms with Gasteiger partial charge in [0.2, 0.25) is 0 Å². The second kappa shape index (κ2) is 6.21. The Morgan fingerprint density at radius 3 is 2.55 bits per heavy atom. The summed E-state index contributed by atoms with van der Waals surface area (Å²) in [5.41, 5.74) is 0.731. The van der Waals surface area contributed by atoms with E-state index < -0.39 is 11.0 Å². The summed E-state index contributed by atoms with van der Waals surface area (Å²) >= 11 is 5.87. The lowest BCUT2D eigenvalue weighted by Gasteiger charge is -2.16. The molecule has 0 aliphatic rings. The van der Waals surface area contributed by atoms with Gasteiger partial charge < -0.3 is 4.74 Å². The van der Waals surface area contributed by atoms with Gasteiger partial charge in [0.25, 0.3) is 0 Å². The molecule has 2 rings (SSSR count). The summed E-state index contributed by atoms with van der Waals surface area (Å²) < 4.78 is 5.68. The molecule has 2 aromatic carbocycles. The van der Waals surface area contributed by atoms with Crippen LogP contribution in [0.5, 0.6) is 5.75 Å². The SMILES string of the molecule is C=CC(Oc1cc(Cl)ccc1[N+](=O)[O-])c1ccccc1. The Morgan fingerprint density at radius 2 is 1.95 bits per heavy atom. The molecule has 0 saturated carbocycles. The van der Waals surface area contributed by atoms with Crippen molar-refractivity contribution in [3.05, 3.63) is 81.9 Å². The van der Waals surface area contributed by atoms with E-state index in [1.807, 2.05) is 30.3 Å². The second-order valence-electron chi connectivity index (χ2n) is 4.05. The van der Waals surface area contributed by atoms with Gasteiger partial charge >= 0.3 is 5.69 Å². The van der Waals surface area contributed by atoms with E-state index in [1.165, 1.54) is 18.2 Å². The molecule has 0 spiro atoms. The molecule has 4 nitrogen and oxygen atoms in total. The Balaban J connectivity index is 2.35. The number of halogens is 1. The predicted molar refractivity (Wildman–Crippen MR) is 78.1 cm³/mol. The molecule has 0 fully saturated rings. The lowest BCUT2D eigenvalue weighted by Crippen LogP contribution is -2.06. The zero-order valence-electron chi connectivity index (χ0n) is 10.5. The molecule has 0 saturated heterocycles. The van der Waals surface area contributed by atoms with Gasteiger partial charge in [-0.2, -0.15) is 0 Å². The highest BCUT2D eigenvalue weighted by molar-refractivity contribution is 6.30. The van der Waals surface area contributed by atoms with Crippen LogP contribution in [0, 0.1) is 10.1 Å². The van der Waals surface area contributed by atoms with Crippen LogP contribution >= 0.6 is 11.6 Å². The summed E-state index contributed by atoms with van der Waals surface area (Å²) in [5.74, 6) is 0.122. The molecule has 1 unspecified atom stereocenters. The van der Waals surface area contributed by atoms with Crippen molar-refractivity contribution in [2.45, 2.75) is 6.10 Å². The zero-order valence-corrected chi connectivity index (χ0v) is 11.3. The highest BCUT2D eigenvalue weighted by Gasteiger charge is 2.19. The van der Waals surface area contributed by atoms with Gasteiger partial charge in [0, 0.05) is 17.2 Å². The van der Waals surface area contributed by atoms with Crippen LogP contribution in [0.4, 0.5) is 5.69 Å². The lowest BCUT2D eigenvalue weighted by atomic mass is 10.1. The highest BCUT2D eigenvalue weighted by Crippen LogP contribution is 2.33. The third-order valence-corrected chi connectivity index (χ3v) is 2.95. The summed E-state index contributed by atoms with van der Waals surface area (Å²) in [6.45, 7) is 3.70. The van der Waals surface area contributed by atoms with E-state index >= 15 is 0 Å². The van der Waals surface area contributed by atoms with Crippen LogP contribution in [0.1, 0.15) is 11.7 Å². The average molecular weight is 290 g/mol. The minimum Gasteiger partial charge on any atom is -0.474 e. The van der Waals surface area contributed by atoms with Gasteiger partial charge in [-0.05, 0) is 17.7 Å². The smallest absolute Gasteiger partial charge is 0.311 e. The minimum atomic E-state index is -0.503. The molecule has 0 N–H and O–H groups in total. The quantitative estimate of drug-likeness (QED) is 0.461. The fourth-order valence-electron chi connectivity index (χ4n) is 1.76. The maximum atomic E-state index is 11.0. The lowest BCUT2D eigenvalue weighted by molar-refractivity contribution is -0.386. The highest BCUT2D eigenvalue weighted by atomic mass is 35.5. The zero-order chi connectivity index (χ0) is 14.5. The maximum Gasteiger partial charge on any atom is 0.311 e. The molecule has 102 valence electrons. The second-order valence-corrected chi connectivity index (χ2v) is 4.49. The Labute approximate surface area is 121 Å². The summed E-state index contributed by atoms with van der Waals surface area (Å²) in [6, 6.07) is 13.5. The van der Waals surface area contributed by atoms with E-state index in [4.69, 9.17) is 16.3 Å². The van der Waals surface area contributed by atoms with E-state index in [-0.39, 0.29) is 11.4 Å². The molecule has 0 aromatic heterocycles. The molecule has 0 bridgehead atoms. The monoisotopic (exact) mass is 289 g/mol. The normalized spacial score (nSPS) is 11.7. The van der Waals surface area contributed by atoms with Crippen molar-refractivity contribution in [2.75, 3.05) is 0 Å². The van der Waals surface area contributed by atoms with E-state index in [1.54, 1.807) is 6.08 Å². The van der Waals surface area contributed by atoms with Gasteiger partial charge in [0.1, 0.15) is 6.10 Å². The van der Waals surface area contributed by atoms with Crippen molar-refractivity contribution in [2.24, 2.45) is 0 Å². The minimum absolute atomic E-state index is 0.122. The third-order valence-electron chi connectivity index (χ3n) is 2.71. The first-order valence-electron chi connectivity index (χ1n) is 5.90. The van der Waals surface area contributed by atoms with Crippen LogP contribution in [-0.4, -0.2) is 4.92 Å². The number of nitro groups is 1. The van der Waals surface area contributed by atoms with Crippen molar-refractivity contribution < 1.29 is 9.66 Å². The van der Waals surface area contributed by atoms with E-state index in [0.29, 0.717) is 5.02 Å². The van der Waals surface area contributed by atoms with Crippen molar-refractivity contribution in [1.29, 1.82) is 0 Å². The van der Waals surface area contributed by atoms with Crippen LogP contribution in [0.3, 0.4) is 0 Å². The molecule has 0 aliphatic heterocycles. The molecule has 0 amide bonds. The van der Waals surface area contributed by atoms with Crippen LogP contribution in [0.2, 0.25) is 5.02 Å². The van der Waals surface area contributed by atoms with Gasteiger partial charge in [-0.25, -0.2) is 0 Å². The number of hydrogen-bond donors (Lipinski definition) is 0. The number of nitrogens with zero attached hydrogens (tertiary/aromatic N) is 1. The number of ether oxygens (including phenoxy) is 1. The Bertz CT molecular complexity index is 628. The summed E-state index contributed by atoms with van der Waals surface area (Å²) in [4.78, 5) is 10.5. The Kier molecular flexibility index (Phi) is 4.38. The molecule has 20 heavy (non-hydrogen) atoms. The van der Waals surface area contributed by atoms with Gasteiger partial charge in [0.15, 0.2) is 5.75 Å². The number of benzene rings is 2. The van der Waals surface area contributed by atoms with E-state index in [0.717, 1.165) is 5.56 Å². The standard InChI is InChI=1S/C15H12ClNO3/c1-2-14(11-6-4-3-5-7-11)20-15-10-12(16)8-9-13(15)17(18)19/h2-10,14H,1H2. The van der Waals surface area contributed by atoms with Gasteiger partial charge in [-0.1, -0.05) is 48.5 Å². The van der Waals surface area contributed by atoms with Crippen molar-refractivity contribution in [3.8, 4) is 5.75 Å². The average Bonchev–Trinajstić information content (AvgIpc) is 2.45. The molecule has 1 atom stereocenters. The topological polar surface area (TPSA) is 52.4 Å². The van der Waals surface area contributed by atoms with Gasteiger partial charge in [-0.3, -0.25) is 10.1 Å². The van der Waals surface area contributed by atoms with E-state index in [9.17, 15) is 10.1 Å². The molecule has 0 radical (unpaired) electrons. The third kappa shape index (κ3) is 3.16. The molecule has 5 heteroatoms. The fraction of sp³-hybridized carbons (Fsp3) is 0.0667. The first-order valence-corrected chi connectivity index (χ1v) is 6.27. The van der Waals surface area contributed by atoms with Crippen molar-refractivity contribution >= 4 is 17.3 Å². The molecule has 0 heterocycles. The Morgan fingerprint density at radius 1 is 1.25 bits per heavy atom. The predicted octanol–water partition coefficient (Wildman–Crippen LogP) is 4.55. The molecular formula is C15H12ClNO3.